The maximum Gasteiger partial charge on any atom is 0.335 e. The first-order valence-electron chi connectivity index (χ1n) is 6.05. The van der Waals surface area contributed by atoms with Gasteiger partial charge in [-0.2, -0.15) is 0 Å². The quantitative estimate of drug-likeness (QED) is 0.835. The van der Waals surface area contributed by atoms with Crippen molar-refractivity contribution in [1.82, 2.24) is 4.57 Å². The summed E-state index contributed by atoms with van der Waals surface area (Å²) in [5.41, 5.74) is 3.60. The monoisotopic (exact) mass is 245 g/mol. The van der Waals surface area contributed by atoms with Crippen LogP contribution < -0.4 is 0 Å². The Hall–Kier alpha value is -1.77. The van der Waals surface area contributed by atoms with Crippen molar-refractivity contribution in [3.8, 4) is 0 Å². The van der Waals surface area contributed by atoms with E-state index in [1.54, 1.807) is 12.1 Å². The van der Waals surface area contributed by atoms with Crippen molar-refractivity contribution in [2.24, 2.45) is 7.05 Å². The molecule has 0 spiro atoms. The highest BCUT2D eigenvalue weighted by atomic mass is 16.4. The summed E-state index contributed by atoms with van der Waals surface area (Å²) in [5.74, 6) is -0.870. The molecule has 0 saturated carbocycles. The van der Waals surface area contributed by atoms with Crippen LogP contribution >= 0.6 is 0 Å². The van der Waals surface area contributed by atoms with Crippen LogP contribution in [0, 0.1) is 6.92 Å². The van der Waals surface area contributed by atoms with E-state index in [-0.39, 0.29) is 5.41 Å². The average Bonchev–Trinajstić information content (AvgIpc) is 2.52. The van der Waals surface area contributed by atoms with Crippen molar-refractivity contribution in [1.29, 1.82) is 0 Å². The van der Waals surface area contributed by atoms with E-state index in [4.69, 9.17) is 0 Å². The van der Waals surface area contributed by atoms with Crippen LogP contribution in [0.2, 0.25) is 0 Å². The summed E-state index contributed by atoms with van der Waals surface area (Å²) in [6.07, 6.45) is 2.05. The number of hydrogen-bond acceptors (Lipinski definition) is 1. The van der Waals surface area contributed by atoms with Crippen LogP contribution in [0.1, 0.15) is 42.3 Å². The van der Waals surface area contributed by atoms with Crippen LogP contribution in [0.3, 0.4) is 0 Å². The van der Waals surface area contributed by atoms with Crippen molar-refractivity contribution in [3.63, 3.8) is 0 Å². The molecule has 2 rings (SSSR count). The second kappa shape index (κ2) is 3.87. The maximum absolute atomic E-state index is 11.2. The molecular weight excluding hydrogens is 226 g/mol. The molecular formula is C15H19NO2. The van der Waals surface area contributed by atoms with Crippen molar-refractivity contribution in [2.75, 3.05) is 0 Å². The lowest BCUT2D eigenvalue weighted by Crippen LogP contribution is -2.14. The predicted octanol–water partition coefficient (Wildman–Crippen LogP) is 3.48. The summed E-state index contributed by atoms with van der Waals surface area (Å²) < 4.78 is 2.08. The number of carboxylic acid groups (broad SMARTS) is 1. The fourth-order valence-electron chi connectivity index (χ4n) is 2.43. The number of aromatic carboxylic acids is 1. The number of rotatable bonds is 1. The van der Waals surface area contributed by atoms with E-state index >= 15 is 0 Å². The fraction of sp³-hybridized carbons (Fsp3) is 0.400. The molecule has 0 unspecified atom stereocenters. The van der Waals surface area contributed by atoms with Gasteiger partial charge in [0.25, 0.3) is 0 Å². The molecule has 0 saturated heterocycles. The van der Waals surface area contributed by atoms with E-state index in [0.29, 0.717) is 5.56 Å². The third-order valence-corrected chi connectivity index (χ3v) is 3.33. The Kier molecular flexibility index (Phi) is 2.73. The standard InChI is InChI=1S/C15H19NO2/c1-9-8-16(5)13-11(9)6-10(14(17)18)7-12(13)15(2,3)4/h6-8H,1-5H3,(H,17,18). The summed E-state index contributed by atoms with van der Waals surface area (Å²) in [4.78, 5) is 11.2. The van der Waals surface area contributed by atoms with Gasteiger partial charge in [0.2, 0.25) is 0 Å². The molecule has 0 fully saturated rings. The zero-order chi connectivity index (χ0) is 13.7. The minimum absolute atomic E-state index is 0.0811. The maximum atomic E-state index is 11.2. The van der Waals surface area contributed by atoms with Crippen molar-refractivity contribution >= 4 is 16.9 Å². The molecule has 1 aromatic heterocycles. The SMILES string of the molecule is Cc1cn(C)c2c(C(C)(C)C)cc(C(=O)O)cc12. The van der Waals surface area contributed by atoms with Crippen molar-refractivity contribution in [3.05, 3.63) is 35.0 Å². The molecule has 1 heterocycles. The minimum Gasteiger partial charge on any atom is -0.478 e. The molecule has 3 nitrogen and oxygen atoms in total. The molecule has 0 aliphatic carbocycles. The molecule has 96 valence electrons. The van der Waals surface area contributed by atoms with Gasteiger partial charge in [0.15, 0.2) is 0 Å². The van der Waals surface area contributed by atoms with Gasteiger partial charge < -0.3 is 9.67 Å². The molecule has 0 amide bonds. The molecule has 0 aliphatic heterocycles. The number of carboxylic acids is 1. The summed E-state index contributed by atoms with van der Waals surface area (Å²) in [6, 6.07) is 3.56. The van der Waals surface area contributed by atoms with Crippen LogP contribution in [-0.2, 0) is 12.5 Å². The third-order valence-electron chi connectivity index (χ3n) is 3.33. The first-order valence-corrected chi connectivity index (χ1v) is 6.05. The van der Waals surface area contributed by atoms with E-state index in [1.807, 2.05) is 20.2 Å². The minimum atomic E-state index is -0.870. The van der Waals surface area contributed by atoms with Crippen molar-refractivity contribution in [2.45, 2.75) is 33.1 Å². The Bertz CT molecular complexity index is 630. The molecule has 0 aliphatic rings. The number of aromatic nitrogens is 1. The number of carbonyl (C=O) groups is 1. The number of nitrogens with zero attached hydrogens (tertiary/aromatic N) is 1. The zero-order valence-electron chi connectivity index (χ0n) is 11.5. The van der Waals surface area contributed by atoms with Gasteiger partial charge in [-0.05, 0) is 35.6 Å². The Morgan fingerprint density at radius 1 is 1.28 bits per heavy atom. The summed E-state index contributed by atoms with van der Waals surface area (Å²) in [5, 5.41) is 10.3. The van der Waals surface area contributed by atoms with Gasteiger partial charge in [-0.1, -0.05) is 20.8 Å². The number of hydrogen-bond donors (Lipinski definition) is 1. The number of benzene rings is 1. The fourth-order valence-corrected chi connectivity index (χ4v) is 2.43. The second-order valence-electron chi connectivity index (χ2n) is 5.90. The van der Waals surface area contributed by atoms with E-state index in [1.165, 1.54) is 0 Å². The summed E-state index contributed by atoms with van der Waals surface area (Å²) in [7, 11) is 2.00. The summed E-state index contributed by atoms with van der Waals surface area (Å²) in [6.45, 7) is 8.33. The van der Waals surface area contributed by atoms with E-state index < -0.39 is 5.97 Å². The lowest BCUT2D eigenvalue weighted by molar-refractivity contribution is 0.0697. The summed E-state index contributed by atoms with van der Waals surface area (Å²) >= 11 is 0. The van der Waals surface area contributed by atoms with Crippen LogP contribution in [0.25, 0.3) is 10.9 Å². The van der Waals surface area contributed by atoms with Crippen LogP contribution in [-0.4, -0.2) is 15.6 Å². The predicted molar refractivity (Wildman–Crippen MR) is 73.3 cm³/mol. The van der Waals surface area contributed by atoms with Gasteiger partial charge in [0.1, 0.15) is 0 Å². The molecule has 1 aromatic carbocycles. The normalized spacial score (nSPS) is 12.1. The molecule has 1 N–H and O–H groups in total. The van der Waals surface area contributed by atoms with Gasteiger partial charge in [0.05, 0.1) is 11.1 Å². The van der Waals surface area contributed by atoms with Crippen molar-refractivity contribution < 1.29 is 9.90 Å². The Balaban J connectivity index is 2.93. The Morgan fingerprint density at radius 2 is 1.89 bits per heavy atom. The van der Waals surface area contributed by atoms with Gasteiger partial charge in [-0.15, -0.1) is 0 Å². The lowest BCUT2D eigenvalue weighted by atomic mass is 9.84. The average molecular weight is 245 g/mol. The number of fused-ring (bicyclic) bond motifs is 1. The molecule has 0 radical (unpaired) electrons. The lowest BCUT2D eigenvalue weighted by Gasteiger charge is -2.22. The van der Waals surface area contributed by atoms with Gasteiger partial charge >= 0.3 is 5.97 Å². The first kappa shape index (κ1) is 12.7. The van der Waals surface area contributed by atoms with Gasteiger partial charge in [0, 0.05) is 18.6 Å². The molecule has 0 bridgehead atoms. The smallest absolute Gasteiger partial charge is 0.335 e. The molecule has 2 aromatic rings. The van der Waals surface area contributed by atoms with E-state index in [0.717, 1.165) is 22.0 Å². The van der Waals surface area contributed by atoms with Gasteiger partial charge in [-0.3, -0.25) is 0 Å². The van der Waals surface area contributed by atoms with Crippen LogP contribution in [0.4, 0.5) is 0 Å². The highest BCUT2D eigenvalue weighted by Crippen LogP contribution is 2.33. The molecule has 18 heavy (non-hydrogen) atoms. The van der Waals surface area contributed by atoms with Gasteiger partial charge in [-0.25, -0.2) is 4.79 Å². The van der Waals surface area contributed by atoms with Crippen LogP contribution in [0.5, 0.6) is 0 Å². The topological polar surface area (TPSA) is 42.2 Å². The van der Waals surface area contributed by atoms with E-state index in [9.17, 15) is 9.90 Å². The Morgan fingerprint density at radius 3 is 2.39 bits per heavy atom. The highest BCUT2D eigenvalue weighted by molar-refractivity contribution is 5.97. The molecule has 3 heteroatoms. The second-order valence-corrected chi connectivity index (χ2v) is 5.90. The largest absolute Gasteiger partial charge is 0.478 e. The zero-order valence-corrected chi connectivity index (χ0v) is 11.5. The highest BCUT2D eigenvalue weighted by Gasteiger charge is 2.22. The first-order chi connectivity index (χ1) is 8.21. The van der Waals surface area contributed by atoms with Crippen LogP contribution in [0.15, 0.2) is 18.3 Å². The number of aryl methyl sites for hydroxylation is 2. The Labute approximate surface area is 107 Å². The molecule has 0 atom stereocenters. The third kappa shape index (κ3) is 1.90. The van der Waals surface area contributed by atoms with E-state index in [2.05, 4.69) is 25.3 Å².